The summed E-state index contributed by atoms with van der Waals surface area (Å²) in [7, 11) is 0. The summed E-state index contributed by atoms with van der Waals surface area (Å²) in [6.07, 6.45) is 7.84. The maximum Gasteiger partial charge on any atom is 0.211 e. The molecule has 0 saturated heterocycles. The van der Waals surface area contributed by atoms with Gasteiger partial charge < -0.3 is 0 Å². The van der Waals surface area contributed by atoms with E-state index in [1.807, 2.05) is 0 Å². The van der Waals surface area contributed by atoms with E-state index in [4.69, 9.17) is 11.6 Å². The fourth-order valence-electron chi connectivity index (χ4n) is 0.843. The van der Waals surface area contributed by atoms with Crippen LogP contribution in [-0.2, 0) is 0 Å². The van der Waals surface area contributed by atoms with Crippen LogP contribution in [0.1, 0.15) is 0 Å². The van der Waals surface area contributed by atoms with Gasteiger partial charge in [-0.05, 0) is 6.08 Å². The lowest BCUT2D eigenvalue weighted by Crippen LogP contribution is -2.22. The molecule has 0 radical (unpaired) electrons. The van der Waals surface area contributed by atoms with Crippen molar-refractivity contribution in [1.82, 2.24) is 0 Å². The zero-order valence-corrected chi connectivity index (χ0v) is 6.18. The van der Waals surface area contributed by atoms with Crippen LogP contribution in [0, 0.1) is 5.92 Å². The van der Waals surface area contributed by atoms with Crippen LogP contribution in [0.2, 0.25) is 0 Å². The number of alkyl halides is 2. The summed E-state index contributed by atoms with van der Waals surface area (Å²) in [5, 5.41) is -1.77. The fraction of sp³-hybridized carbons (Fsp3) is 0.250. The Morgan fingerprint density at radius 2 is 2.30 bits per heavy atom. The molecular weight excluding hydrogens is 151 g/mol. The van der Waals surface area contributed by atoms with Crippen molar-refractivity contribution in [3.8, 4) is 0 Å². The smallest absolute Gasteiger partial charge is 0.211 e. The molecule has 0 aromatic heterocycles. The van der Waals surface area contributed by atoms with E-state index in [9.17, 15) is 4.39 Å². The standard InChI is InChI=1S/C8H8ClF/c1-2-7-5-3-4-6-8(7,9)10/h2-7H,1H2. The average molecular weight is 159 g/mol. The Morgan fingerprint density at radius 1 is 1.60 bits per heavy atom. The number of halogens is 2. The van der Waals surface area contributed by atoms with Gasteiger partial charge in [-0.25, -0.2) is 4.39 Å². The highest BCUT2D eigenvalue weighted by molar-refractivity contribution is 6.24. The molecule has 0 bridgehead atoms. The van der Waals surface area contributed by atoms with Crippen LogP contribution in [0.15, 0.2) is 37.0 Å². The lowest BCUT2D eigenvalue weighted by molar-refractivity contribution is 0.301. The first-order valence-electron chi connectivity index (χ1n) is 3.03. The molecule has 0 spiro atoms. The minimum absolute atomic E-state index is 0.404. The van der Waals surface area contributed by atoms with Crippen LogP contribution in [0.3, 0.4) is 0 Å². The molecule has 1 aliphatic carbocycles. The minimum atomic E-state index is -1.77. The Morgan fingerprint density at radius 3 is 2.70 bits per heavy atom. The molecule has 0 nitrogen and oxygen atoms in total. The van der Waals surface area contributed by atoms with Crippen LogP contribution < -0.4 is 0 Å². The zero-order chi connectivity index (χ0) is 7.61. The lowest BCUT2D eigenvalue weighted by Gasteiger charge is -2.21. The molecule has 10 heavy (non-hydrogen) atoms. The topological polar surface area (TPSA) is 0 Å². The van der Waals surface area contributed by atoms with Crippen molar-refractivity contribution in [2.24, 2.45) is 5.92 Å². The van der Waals surface area contributed by atoms with Crippen molar-refractivity contribution in [1.29, 1.82) is 0 Å². The van der Waals surface area contributed by atoms with Gasteiger partial charge in [0.15, 0.2) is 0 Å². The Kier molecular flexibility index (Phi) is 1.95. The van der Waals surface area contributed by atoms with Crippen LogP contribution in [0.4, 0.5) is 4.39 Å². The summed E-state index contributed by atoms with van der Waals surface area (Å²) in [4.78, 5) is 0. The summed E-state index contributed by atoms with van der Waals surface area (Å²) in [5.41, 5.74) is 0. The van der Waals surface area contributed by atoms with Gasteiger partial charge in [0.25, 0.3) is 0 Å². The van der Waals surface area contributed by atoms with E-state index in [0.29, 0.717) is 0 Å². The quantitative estimate of drug-likeness (QED) is 0.407. The van der Waals surface area contributed by atoms with E-state index in [1.165, 1.54) is 12.2 Å². The Bertz CT molecular complexity index is 191. The number of rotatable bonds is 1. The highest BCUT2D eigenvalue weighted by Crippen LogP contribution is 2.33. The predicted octanol–water partition coefficient (Wildman–Crippen LogP) is 2.82. The van der Waals surface area contributed by atoms with Gasteiger partial charge in [-0.2, -0.15) is 0 Å². The van der Waals surface area contributed by atoms with Gasteiger partial charge in [0.2, 0.25) is 5.13 Å². The average Bonchev–Trinajstić information content (AvgIpc) is 1.87. The summed E-state index contributed by atoms with van der Waals surface area (Å²) >= 11 is 5.46. The van der Waals surface area contributed by atoms with E-state index in [0.717, 1.165) is 0 Å². The van der Waals surface area contributed by atoms with Crippen molar-refractivity contribution in [2.75, 3.05) is 0 Å². The highest BCUT2D eigenvalue weighted by atomic mass is 35.5. The summed E-state index contributed by atoms with van der Waals surface area (Å²) in [5.74, 6) is -0.404. The van der Waals surface area contributed by atoms with E-state index in [1.54, 1.807) is 18.2 Å². The molecule has 54 valence electrons. The zero-order valence-electron chi connectivity index (χ0n) is 5.43. The third-order valence-electron chi connectivity index (χ3n) is 1.45. The molecule has 2 unspecified atom stereocenters. The third-order valence-corrected chi connectivity index (χ3v) is 1.82. The molecule has 2 heteroatoms. The Labute approximate surface area is 64.7 Å². The first-order chi connectivity index (χ1) is 4.67. The van der Waals surface area contributed by atoms with E-state index < -0.39 is 11.0 Å². The lowest BCUT2D eigenvalue weighted by atomic mass is 9.99. The van der Waals surface area contributed by atoms with E-state index in [-0.39, 0.29) is 0 Å². The molecule has 0 heterocycles. The molecule has 0 aliphatic heterocycles. The molecular formula is C8H8ClF. The van der Waals surface area contributed by atoms with E-state index in [2.05, 4.69) is 6.58 Å². The van der Waals surface area contributed by atoms with Crippen molar-refractivity contribution < 1.29 is 4.39 Å². The second kappa shape index (κ2) is 2.59. The molecule has 0 N–H and O–H groups in total. The monoisotopic (exact) mass is 158 g/mol. The molecule has 0 aromatic rings. The van der Waals surface area contributed by atoms with Crippen LogP contribution in [-0.4, -0.2) is 5.13 Å². The molecule has 1 rings (SSSR count). The van der Waals surface area contributed by atoms with Gasteiger partial charge in [0.05, 0.1) is 0 Å². The number of allylic oxidation sites excluding steroid dienone is 5. The molecule has 2 atom stereocenters. The van der Waals surface area contributed by atoms with Crippen molar-refractivity contribution in [3.05, 3.63) is 37.0 Å². The molecule has 1 aliphatic rings. The molecule has 0 saturated carbocycles. The first-order valence-corrected chi connectivity index (χ1v) is 3.41. The van der Waals surface area contributed by atoms with Gasteiger partial charge in [-0.15, -0.1) is 6.58 Å². The number of hydrogen-bond acceptors (Lipinski definition) is 0. The van der Waals surface area contributed by atoms with Crippen LogP contribution >= 0.6 is 11.6 Å². The number of hydrogen-bond donors (Lipinski definition) is 0. The second-order valence-electron chi connectivity index (χ2n) is 2.18. The van der Waals surface area contributed by atoms with Gasteiger partial charge in [-0.1, -0.05) is 35.9 Å². The maximum absolute atomic E-state index is 13.1. The van der Waals surface area contributed by atoms with Gasteiger partial charge in [-0.3, -0.25) is 0 Å². The van der Waals surface area contributed by atoms with Crippen molar-refractivity contribution >= 4 is 11.6 Å². The van der Waals surface area contributed by atoms with Gasteiger partial charge in [0.1, 0.15) is 0 Å². The van der Waals surface area contributed by atoms with Crippen molar-refractivity contribution in [3.63, 3.8) is 0 Å². The van der Waals surface area contributed by atoms with Crippen LogP contribution in [0.5, 0.6) is 0 Å². The van der Waals surface area contributed by atoms with Gasteiger partial charge >= 0.3 is 0 Å². The molecule has 0 fully saturated rings. The second-order valence-corrected chi connectivity index (χ2v) is 2.76. The first kappa shape index (κ1) is 7.55. The van der Waals surface area contributed by atoms with Crippen molar-refractivity contribution in [2.45, 2.75) is 5.13 Å². The molecule has 0 amide bonds. The highest BCUT2D eigenvalue weighted by Gasteiger charge is 2.31. The SMILES string of the molecule is C=CC1C=CC=CC1(F)Cl. The summed E-state index contributed by atoms with van der Waals surface area (Å²) < 4.78 is 13.1. The predicted molar refractivity (Wildman–Crippen MR) is 41.7 cm³/mol. The normalized spacial score (nSPS) is 38.0. The summed E-state index contributed by atoms with van der Waals surface area (Å²) in [6.45, 7) is 3.47. The Hall–Kier alpha value is -0.560. The summed E-state index contributed by atoms with van der Waals surface area (Å²) in [6, 6.07) is 0. The maximum atomic E-state index is 13.1. The van der Waals surface area contributed by atoms with Gasteiger partial charge in [0, 0.05) is 5.92 Å². The fourth-order valence-corrected chi connectivity index (χ4v) is 1.08. The van der Waals surface area contributed by atoms with Crippen LogP contribution in [0.25, 0.3) is 0 Å². The third kappa shape index (κ3) is 1.29. The van der Waals surface area contributed by atoms with E-state index >= 15 is 0 Å². The largest absolute Gasteiger partial charge is 0.221 e. The minimum Gasteiger partial charge on any atom is -0.221 e. The molecule has 0 aromatic carbocycles. The Balaban J connectivity index is 2.84.